The molecule has 0 saturated carbocycles. The van der Waals surface area contributed by atoms with E-state index in [-0.39, 0.29) is 11.4 Å². The zero-order chi connectivity index (χ0) is 13.5. The molecule has 0 fully saturated rings. The summed E-state index contributed by atoms with van der Waals surface area (Å²) in [6.07, 6.45) is 1.98. The summed E-state index contributed by atoms with van der Waals surface area (Å²) in [7, 11) is 4.10. The smallest absolute Gasteiger partial charge is 0.234 e. The Bertz CT molecular complexity index is 223. The van der Waals surface area contributed by atoms with Crippen molar-refractivity contribution in [3.63, 3.8) is 0 Å². The lowest BCUT2D eigenvalue weighted by molar-refractivity contribution is -0.121. The van der Waals surface area contributed by atoms with Crippen molar-refractivity contribution in [3.8, 4) is 0 Å². The molecule has 4 heteroatoms. The standard InChI is InChI=1S/C13H29N3O/c1-7-11(8-2)15-12(17)9-14-10-13(3,4)16(5)6/h11,14H,7-10H2,1-6H3,(H,15,17). The van der Waals surface area contributed by atoms with Crippen LogP contribution in [0, 0.1) is 0 Å². The molecule has 0 aliphatic rings. The lowest BCUT2D eigenvalue weighted by Gasteiger charge is -2.32. The van der Waals surface area contributed by atoms with Crippen LogP contribution in [0.4, 0.5) is 0 Å². The molecular formula is C13H29N3O. The fraction of sp³-hybridized carbons (Fsp3) is 0.923. The monoisotopic (exact) mass is 243 g/mol. The summed E-state index contributed by atoms with van der Waals surface area (Å²) >= 11 is 0. The molecule has 0 bridgehead atoms. The Labute approximate surface area is 106 Å². The molecule has 0 heterocycles. The van der Waals surface area contributed by atoms with Gasteiger partial charge in [-0.05, 0) is 40.8 Å². The summed E-state index contributed by atoms with van der Waals surface area (Å²) in [5.74, 6) is 0.0910. The molecule has 0 atom stereocenters. The van der Waals surface area contributed by atoms with Gasteiger partial charge in [-0.3, -0.25) is 4.79 Å². The van der Waals surface area contributed by atoms with E-state index in [4.69, 9.17) is 0 Å². The second-order valence-corrected chi connectivity index (χ2v) is 5.39. The number of amides is 1. The number of likely N-dealkylation sites (N-methyl/N-ethyl adjacent to an activating group) is 1. The average Bonchev–Trinajstić information content (AvgIpc) is 2.25. The van der Waals surface area contributed by atoms with Gasteiger partial charge in [0, 0.05) is 18.1 Å². The lowest BCUT2D eigenvalue weighted by Crippen LogP contribution is -2.49. The van der Waals surface area contributed by atoms with Gasteiger partial charge in [0.1, 0.15) is 0 Å². The molecule has 0 rings (SSSR count). The Kier molecular flexibility index (Phi) is 7.39. The van der Waals surface area contributed by atoms with Crippen LogP contribution in [0.25, 0.3) is 0 Å². The van der Waals surface area contributed by atoms with Crippen LogP contribution < -0.4 is 10.6 Å². The number of carbonyl (C=O) groups excluding carboxylic acids is 1. The number of carbonyl (C=O) groups is 1. The van der Waals surface area contributed by atoms with Crippen LogP contribution in [-0.2, 0) is 4.79 Å². The van der Waals surface area contributed by atoms with Crippen LogP contribution in [0.2, 0.25) is 0 Å². The van der Waals surface area contributed by atoms with E-state index < -0.39 is 0 Å². The summed E-state index contributed by atoms with van der Waals surface area (Å²) in [6, 6.07) is 0.311. The molecule has 0 saturated heterocycles. The normalized spacial score (nSPS) is 12.2. The van der Waals surface area contributed by atoms with Crippen molar-refractivity contribution in [2.45, 2.75) is 52.1 Å². The first kappa shape index (κ1) is 16.4. The quantitative estimate of drug-likeness (QED) is 0.674. The minimum absolute atomic E-state index is 0.0647. The van der Waals surface area contributed by atoms with Crippen molar-refractivity contribution in [3.05, 3.63) is 0 Å². The molecule has 2 N–H and O–H groups in total. The number of rotatable bonds is 8. The molecule has 0 spiro atoms. The topological polar surface area (TPSA) is 44.4 Å². The predicted molar refractivity (Wildman–Crippen MR) is 73.1 cm³/mol. The van der Waals surface area contributed by atoms with Crippen molar-refractivity contribution >= 4 is 5.91 Å². The van der Waals surface area contributed by atoms with Crippen LogP contribution in [0.15, 0.2) is 0 Å². The first-order valence-corrected chi connectivity index (χ1v) is 6.51. The highest BCUT2D eigenvalue weighted by atomic mass is 16.1. The molecule has 17 heavy (non-hydrogen) atoms. The second kappa shape index (κ2) is 7.67. The van der Waals surface area contributed by atoms with Crippen molar-refractivity contribution in [1.29, 1.82) is 0 Å². The summed E-state index contributed by atoms with van der Waals surface area (Å²) < 4.78 is 0. The van der Waals surface area contributed by atoms with Gasteiger partial charge in [0.2, 0.25) is 5.91 Å². The van der Waals surface area contributed by atoms with Crippen LogP contribution in [-0.4, -0.2) is 49.6 Å². The van der Waals surface area contributed by atoms with Crippen LogP contribution >= 0.6 is 0 Å². The maximum absolute atomic E-state index is 11.6. The molecule has 102 valence electrons. The predicted octanol–water partition coefficient (Wildman–Crippen LogP) is 1.22. The third kappa shape index (κ3) is 6.64. The molecule has 0 aromatic heterocycles. The third-order valence-electron chi connectivity index (χ3n) is 3.40. The Morgan fingerprint density at radius 1 is 1.24 bits per heavy atom. The van der Waals surface area contributed by atoms with Gasteiger partial charge in [-0.15, -0.1) is 0 Å². The summed E-state index contributed by atoms with van der Waals surface area (Å²) in [4.78, 5) is 13.8. The zero-order valence-corrected chi connectivity index (χ0v) is 12.3. The molecule has 0 aliphatic carbocycles. The first-order chi connectivity index (χ1) is 7.83. The van der Waals surface area contributed by atoms with Gasteiger partial charge in [-0.2, -0.15) is 0 Å². The maximum atomic E-state index is 11.6. The van der Waals surface area contributed by atoms with Crippen molar-refractivity contribution in [2.75, 3.05) is 27.2 Å². The number of hydrogen-bond donors (Lipinski definition) is 2. The van der Waals surface area contributed by atoms with E-state index in [0.717, 1.165) is 19.4 Å². The van der Waals surface area contributed by atoms with E-state index >= 15 is 0 Å². The van der Waals surface area contributed by atoms with Gasteiger partial charge in [-0.25, -0.2) is 0 Å². The highest BCUT2D eigenvalue weighted by Crippen LogP contribution is 2.07. The van der Waals surface area contributed by atoms with E-state index in [9.17, 15) is 4.79 Å². The molecule has 4 nitrogen and oxygen atoms in total. The van der Waals surface area contributed by atoms with Gasteiger partial charge in [-0.1, -0.05) is 13.8 Å². The minimum Gasteiger partial charge on any atom is -0.352 e. The Hall–Kier alpha value is -0.610. The van der Waals surface area contributed by atoms with Crippen molar-refractivity contribution < 1.29 is 4.79 Å². The Balaban J connectivity index is 3.86. The molecule has 0 unspecified atom stereocenters. The SMILES string of the molecule is CCC(CC)NC(=O)CNCC(C)(C)N(C)C. The van der Waals surface area contributed by atoms with E-state index in [1.54, 1.807) is 0 Å². The number of hydrogen-bond acceptors (Lipinski definition) is 3. The minimum atomic E-state index is 0.0647. The van der Waals surface area contributed by atoms with E-state index in [2.05, 4.69) is 43.2 Å². The van der Waals surface area contributed by atoms with Gasteiger partial charge >= 0.3 is 0 Å². The highest BCUT2D eigenvalue weighted by molar-refractivity contribution is 5.78. The first-order valence-electron chi connectivity index (χ1n) is 6.51. The number of nitrogens with zero attached hydrogens (tertiary/aromatic N) is 1. The van der Waals surface area contributed by atoms with Gasteiger partial charge in [0.25, 0.3) is 0 Å². The Morgan fingerprint density at radius 3 is 2.18 bits per heavy atom. The summed E-state index contributed by atoms with van der Waals surface area (Å²) in [5.41, 5.74) is 0.0647. The summed E-state index contributed by atoms with van der Waals surface area (Å²) in [5, 5.41) is 6.22. The van der Waals surface area contributed by atoms with Crippen LogP contribution in [0.5, 0.6) is 0 Å². The van der Waals surface area contributed by atoms with Crippen molar-refractivity contribution in [1.82, 2.24) is 15.5 Å². The third-order valence-corrected chi connectivity index (χ3v) is 3.40. The fourth-order valence-corrected chi connectivity index (χ4v) is 1.41. The van der Waals surface area contributed by atoms with Crippen molar-refractivity contribution in [2.24, 2.45) is 0 Å². The largest absolute Gasteiger partial charge is 0.352 e. The fourth-order valence-electron chi connectivity index (χ4n) is 1.41. The van der Waals surface area contributed by atoms with Gasteiger partial charge < -0.3 is 15.5 Å². The maximum Gasteiger partial charge on any atom is 0.234 e. The average molecular weight is 243 g/mol. The molecule has 0 aromatic rings. The molecule has 0 aliphatic heterocycles. The van der Waals surface area contributed by atoms with E-state index in [1.165, 1.54) is 0 Å². The zero-order valence-electron chi connectivity index (χ0n) is 12.3. The molecule has 1 amide bonds. The number of nitrogens with one attached hydrogen (secondary N) is 2. The Morgan fingerprint density at radius 2 is 1.76 bits per heavy atom. The van der Waals surface area contributed by atoms with Crippen LogP contribution in [0.3, 0.4) is 0 Å². The highest BCUT2D eigenvalue weighted by Gasteiger charge is 2.20. The second-order valence-electron chi connectivity index (χ2n) is 5.39. The summed E-state index contributed by atoms with van der Waals surface area (Å²) in [6.45, 7) is 9.69. The van der Waals surface area contributed by atoms with Gasteiger partial charge in [0.05, 0.1) is 6.54 Å². The molecular weight excluding hydrogens is 214 g/mol. The van der Waals surface area contributed by atoms with E-state index in [1.807, 2.05) is 14.1 Å². The van der Waals surface area contributed by atoms with Gasteiger partial charge in [0.15, 0.2) is 0 Å². The van der Waals surface area contributed by atoms with E-state index in [0.29, 0.717) is 12.6 Å². The lowest BCUT2D eigenvalue weighted by atomic mass is 10.0. The van der Waals surface area contributed by atoms with Crippen LogP contribution in [0.1, 0.15) is 40.5 Å². The molecule has 0 radical (unpaired) electrons. The molecule has 0 aromatic carbocycles.